The van der Waals surface area contributed by atoms with Crippen LogP contribution in [0.2, 0.25) is 0 Å². The minimum atomic E-state index is -0.361. The zero-order valence-electron chi connectivity index (χ0n) is 11.1. The molecular weight excluding hydrogens is 337 g/mol. The van der Waals surface area contributed by atoms with Gasteiger partial charge in [0, 0.05) is 21.3 Å². The van der Waals surface area contributed by atoms with Crippen molar-refractivity contribution in [2.24, 2.45) is 0 Å². The molecule has 0 spiro atoms. The van der Waals surface area contributed by atoms with E-state index in [-0.39, 0.29) is 5.82 Å². The lowest BCUT2D eigenvalue weighted by Gasteiger charge is -2.03. The summed E-state index contributed by atoms with van der Waals surface area (Å²) in [5.41, 5.74) is 8.69. The van der Waals surface area contributed by atoms with Crippen LogP contribution < -0.4 is 5.73 Å². The van der Waals surface area contributed by atoms with Gasteiger partial charge < -0.3 is 10.3 Å². The minimum absolute atomic E-state index is 0.318. The predicted molar refractivity (Wildman–Crippen MR) is 82.0 cm³/mol. The lowest BCUT2D eigenvalue weighted by molar-refractivity contribution is 0.432. The average Bonchev–Trinajstić information content (AvgIpc) is 2.94. The van der Waals surface area contributed by atoms with E-state index in [1.165, 1.54) is 12.1 Å². The minimum Gasteiger partial charge on any atom is -0.398 e. The standard InChI is InChI=1S/C15H11BrFN3O/c1-8-10(3-2-4-13(8)18)15-19-14(20-21-15)11-7-9(17)5-6-12(11)16/h2-7H,18H2,1H3. The summed E-state index contributed by atoms with van der Waals surface area (Å²) in [6.45, 7) is 1.88. The quantitative estimate of drug-likeness (QED) is 0.705. The first kappa shape index (κ1) is 13.8. The third-order valence-corrected chi connectivity index (χ3v) is 3.89. The Morgan fingerprint density at radius 2 is 2.00 bits per heavy atom. The van der Waals surface area contributed by atoms with Crippen LogP contribution in [0.5, 0.6) is 0 Å². The largest absolute Gasteiger partial charge is 0.398 e. The maximum atomic E-state index is 13.4. The Morgan fingerprint density at radius 3 is 2.81 bits per heavy atom. The number of hydrogen-bond donors (Lipinski definition) is 1. The smallest absolute Gasteiger partial charge is 0.258 e. The van der Waals surface area contributed by atoms with Crippen LogP contribution in [0.15, 0.2) is 45.4 Å². The van der Waals surface area contributed by atoms with Crippen LogP contribution in [-0.4, -0.2) is 10.1 Å². The lowest BCUT2D eigenvalue weighted by Crippen LogP contribution is -1.92. The number of benzene rings is 2. The molecule has 0 saturated carbocycles. The number of nitrogens with two attached hydrogens (primary N) is 1. The SMILES string of the molecule is Cc1c(N)cccc1-c1nc(-c2cc(F)ccc2Br)no1. The van der Waals surface area contributed by atoms with E-state index in [1.807, 2.05) is 19.1 Å². The zero-order valence-corrected chi connectivity index (χ0v) is 12.7. The van der Waals surface area contributed by atoms with E-state index in [0.29, 0.717) is 27.4 Å². The normalized spacial score (nSPS) is 10.8. The molecule has 2 N–H and O–H groups in total. The monoisotopic (exact) mass is 347 g/mol. The van der Waals surface area contributed by atoms with Crippen molar-refractivity contribution in [3.8, 4) is 22.8 Å². The third kappa shape index (κ3) is 2.54. The maximum absolute atomic E-state index is 13.4. The number of anilines is 1. The van der Waals surface area contributed by atoms with Crippen molar-refractivity contribution in [1.82, 2.24) is 10.1 Å². The second-order valence-electron chi connectivity index (χ2n) is 4.57. The van der Waals surface area contributed by atoms with Crippen molar-refractivity contribution in [2.75, 3.05) is 5.73 Å². The van der Waals surface area contributed by atoms with E-state index in [4.69, 9.17) is 10.3 Å². The van der Waals surface area contributed by atoms with Gasteiger partial charge in [0.2, 0.25) is 5.82 Å². The van der Waals surface area contributed by atoms with Crippen molar-refractivity contribution >= 4 is 21.6 Å². The molecule has 0 atom stereocenters. The van der Waals surface area contributed by atoms with Gasteiger partial charge in [-0.05, 0) is 42.8 Å². The molecule has 0 unspecified atom stereocenters. The van der Waals surface area contributed by atoms with Gasteiger partial charge >= 0.3 is 0 Å². The highest BCUT2D eigenvalue weighted by Crippen LogP contribution is 2.30. The van der Waals surface area contributed by atoms with E-state index in [1.54, 1.807) is 12.1 Å². The lowest BCUT2D eigenvalue weighted by atomic mass is 10.1. The Morgan fingerprint density at radius 1 is 1.19 bits per heavy atom. The van der Waals surface area contributed by atoms with E-state index in [2.05, 4.69) is 26.1 Å². The molecule has 6 heteroatoms. The van der Waals surface area contributed by atoms with E-state index < -0.39 is 0 Å². The molecule has 0 amide bonds. The fraction of sp³-hybridized carbons (Fsp3) is 0.0667. The highest BCUT2D eigenvalue weighted by Gasteiger charge is 2.15. The molecule has 3 rings (SSSR count). The van der Waals surface area contributed by atoms with Gasteiger partial charge in [0.1, 0.15) is 5.82 Å². The second kappa shape index (κ2) is 5.29. The fourth-order valence-corrected chi connectivity index (χ4v) is 2.42. The van der Waals surface area contributed by atoms with Crippen molar-refractivity contribution in [3.05, 3.63) is 52.3 Å². The highest BCUT2D eigenvalue weighted by molar-refractivity contribution is 9.10. The van der Waals surface area contributed by atoms with Gasteiger partial charge in [-0.25, -0.2) is 4.39 Å². The molecule has 0 aliphatic carbocycles. The van der Waals surface area contributed by atoms with Gasteiger partial charge in [-0.1, -0.05) is 27.2 Å². The molecule has 0 bridgehead atoms. The Hall–Kier alpha value is -2.21. The number of aromatic nitrogens is 2. The van der Waals surface area contributed by atoms with Gasteiger partial charge in [0.05, 0.1) is 0 Å². The van der Waals surface area contributed by atoms with Crippen molar-refractivity contribution in [2.45, 2.75) is 6.92 Å². The molecule has 0 fully saturated rings. The maximum Gasteiger partial charge on any atom is 0.258 e. The molecule has 21 heavy (non-hydrogen) atoms. The fourth-order valence-electron chi connectivity index (χ4n) is 2.00. The molecule has 2 aromatic carbocycles. The van der Waals surface area contributed by atoms with Crippen LogP contribution in [-0.2, 0) is 0 Å². The van der Waals surface area contributed by atoms with Gasteiger partial charge in [0.25, 0.3) is 5.89 Å². The number of nitrogens with zero attached hydrogens (tertiary/aromatic N) is 2. The van der Waals surface area contributed by atoms with Crippen LogP contribution in [0.25, 0.3) is 22.8 Å². The number of halogens is 2. The summed E-state index contributed by atoms with van der Waals surface area (Å²) in [5, 5.41) is 3.91. The van der Waals surface area contributed by atoms with Crippen LogP contribution in [0.4, 0.5) is 10.1 Å². The highest BCUT2D eigenvalue weighted by atomic mass is 79.9. The van der Waals surface area contributed by atoms with Gasteiger partial charge in [-0.15, -0.1) is 0 Å². The number of rotatable bonds is 2. The summed E-state index contributed by atoms with van der Waals surface area (Å²) in [6.07, 6.45) is 0. The van der Waals surface area contributed by atoms with Crippen LogP contribution in [0.1, 0.15) is 5.56 Å². The Balaban J connectivity index is 2.08. The first-order valence-corrected chi connectivity index (χ1v) is 7.00. The third-order valence-electron chi connectivity index (χ3n) is 3.20. The van der Waals surface area contributed by atoms with Crippen LogP contribution in [0.3, 0.4) is 0 Å². The average molecular weight is 348 g/mol. The van der Waals surface area contributed by atoms with Gasteiger partial charge in [0.15, 0.2) is 0 Å². The van der Waals surface area contributed by atoms with Crippen LogP contribution >= 0.6 is 15.9 Å². The predicted octanol–water partition coefficient (Wildman–Crippen LogP) is 4.20. The van der Waals surface area contributed by atoms with Gasteiger partial charge in [-0.2, -0.15) is 4.98 Å². The molecule has 0 aliphatic heterocycles. The molecule has 106 valence electrons. The summed E-state index contributed by atoms with van der Waals surface area (Å²) >= 11 is 3.35. The van der Waals surface area contributed by atoms with Crippen LogP contribution in [0, 0.1) is 12.7 Å². The van der Waals surface area contributed by atoms with E-state index in [9.17, 15) is 4.39 Å². The zero-order chi connectivity index (χ0) is 15.0. The molecule has 0 aliphatic rings. The molecule has 3 aromatic rings. The number of hydrogen-bond acceptors (Lipinski definition) is 4. The molecule has 4 nitrogen and oxygen atoms in total. The van der Waals surface area contributed by atoms with Crippen molar-refractivity contribution in [1.29, 1.82) is 0 Å². The molecular formula is C15H11BrFN3O. The first-order valence-electron chi connectivity index (χ1n) is 6.21. The summed E-state index contributed by atoms with van der Waals surface area (Å²) in [5.74, 6) is 0.309. The topological polar surface area (TPSA) is 64.9 Å². The van der Waals surface area contributed by atoms with Crippen molar-refractivity contribution < 1.29 is 8.91 Å². The summed E-state index contributed by atoms with van der Waals surface area (Å²) < 4.78 is 19.3. The number of nitrogen functional groups attached to an aromatic ring is 1. The summed E-state index contributed by atoms with van der Waals surface area (Å²) in [6, 6.07) is 9.79. The van der Waals surface area contributed by atoms with E-state index >= 15 is 0 Å². The molecule has 1 aromatic heterocycles. The molecule has 1 heterocycles. The second-order valence-corrected chi connectivity index (χ2v) is 5.42. The summed E-state index contributed by atoms with van der Waals surface area (Å²) in [4.78, 5) is 4.32. The van der Waals surface area contributed by atoms with Gasteiger partial charge in [-0.3, -0.25) is 0 Å². The molecule has 0 radical (unpaired) electrons. The van der Waals surface area contributed by atoms with E-state index in [0.717, 1.165) is 11.1 Å². The van der Waals surface area contributed by atoms with Crippen molar-refractivity contribution in [3.63, 3.8) is 0 Å². The Bertz CT molecular complexity index is 800. The first-order chi connectivity index (χ1) is 10.1. The Kier molecular flexibility index (Phi) is 3.47. The summed E-state index contributed by atoms with van der Waals surface area (Å²) in [7, 11) is 0. The molecule has 0 saturated heterocycles. The Labute approximate surface area is 128 Å².